The first-order valence-electron chi connectivity index (χ1n) is 7.68. The van der Waals surface area contributed by atoms with Crippen LogP contribution in [0.1, 0.15) is 20.8 Å². The van der Waals surface area contributed by atoms with Gasteiger partial charge < -0.3 is 0 Å². The zero-order chi connectivity index (χ0) is 19.4. The number of nitrogens with zero attached hydrogens (tertiary/aromatic N) is 2. The fourth-order valence-corrected chi connectivity index (χ4v) is 5.23. The van der Waals surface area contributed by atoms with Crippen LogP contribution in [0.5, 0.6) is 0 Å². The second-order valence-electron chi connectivity index (χ2n) is 5.60. The number of aryl methyl sites for hydroxylation is 1. The van der Waals surface area contributed by atoms with Gasteiger partial charge in [-0.05, 0) is 36.1 Å². The molecule has 2 N–H and O–H groups in total. The molecule has 0 unspecified atom stereocenters. The molecule has 1 aromatic carbocycles. The van der Waals surface area contributed by atoms with Crippen molar-refractivity contribution < 1.29 is 13.2 Å². The molecule has 0 spiro atoms. The molecule has 0 saturated heterocycles. The molecule has 2 aromatic heterocycles. The molecule has 27 heavy (non-hydrogen) atoms. The average molecular weight is 441 g/mol. The monoisotopic (exact) mass is 440 g/mol. The van der Waals surface area contributed by atoms with E-state index in [1.54, 1.807) is 42.2 Å². The fourth-order valence-electron chi connectivity index (χ4n) is 2.09. The number of hydrogen-bond acceptors (Lipinski definition) is 8. The molecule has 0 bridgehead atoms. The summed E-state index contributed by atoms with van der Waals surface area (Å²) < 4.78 is 26.1. The van der Waals surface area contributed by atoms with E-state index < -0.39 is 10.0 Å². The lowest BCUT2D eigenvalue weighted by Gasteiger charge is -2.09. The Labute approximate surface area is 169 Å². The lowest BCUT2D eigenvalue weighted by atomic mass is 10.1. The smallest absolute Gasteiger partial charge is 0.257 e. The molecule has 0 fully saturated rings. The lowest BCUT2D eigenvalue weighted by Crippen LogP contribution is -2.14. The number of amides is 1. The SMILES string of the molecule is Cc1ccc(C(=O)Nc2nnc(SCc3cccs3)s2)cc1NS(C)(=O)=O. The van der Waals surface area contributed by atoms with E-state index in [2.05, 4.69) is 26.3 Å². The highest BCUT2D eigenvalue weighted by atomic mass is 32.2. The molecule has 0 saturated carbocycles. The van der Waals surface area contributed by atoms with E-state index in [1.165, 1.54) is 22.3 Å². The minimum Gasteiger partial charge on any atom is -0.296 e. The highest BCUT2D eigenvalue weighted by Crippen LogP contribution is 2.30. The van der Waals surface area contributed by atoms with Gasteiger partial charge in [0.2, 0.25) is 15.2 Å². The van der Waals surface area contributed by atoms with Crippen LogP contribution < -0.4 is 10.0 Å². The van der Waals surface area contributed by atoms with Gasteiger partial charge in [-0.1, -0.05) is 35.2 Å². The van der Waals surface area contributed by atoms with Gasteiger partial charge >= 0.3 is 0 Å². The van der Waals surface area contributed by atoms with E-state index in [1.807, 2.05) is 11.4 Å². The molecule has 0 atom stereocenters. The number of nitrogens with one attached hydrogen (secondary N) is 2. The van der Waals surface area contributed by atoms with E-state index in [4.69, 9.17) is 0 Å². The van der Waals surface area contributed by atoms with Crippen LogP contribution in [-0.2, 0) is 15.8 Å². The summed E-state index contributed by atoms with van der Waals surface area (Å²) in [4.78, 5) is 13.7. The van der Waals surface area contributed by atoms with Gasteiger partial charge in [-0.2, -0.15) is 0 Å². The Morgan fingerprint density at radius 3 is 2.78 bits per heavy atom. The molecule has 7 nitrogen and oxygen atoms in total. The van der Waals surface area contributed by atoms with Crippen LogP contribution >= 0.6 is 34.4 Å². The van der Waals surface area contributed by atoms with Crippen molar-refractivity contribution in [2.75, 3.05) is 16.3 Å². The topological polar surface area (TPSA) is 101 Å². The largest absolute Gasteiger partial charge is 0.296 e. The van der Waals surface area contributed by atoms with Gasteiger partial charge in [0.25, 0.3) is 5.91 Å². The number of benzene rings is 1. The van der Waals surface area contributed by atoms with Gasteiger partial charge in [0, 0.05) is 16.2 Å². The number of thioether (sulfide) groups is 1. The predicted molar refractivity (Wildman–Crippen MR) is 111 cm³/mol. The number of anilines is 2. The molecular weight excluding hydrogens is 424 g/mol. The highest BCUT2D eigenvalue weighted by molar-refractivity contribution is 8.00. The van der Waals surface area contributed by atoms with Crippen molar-refractivity contribution in [2.24, 2.45) is 0 Å². The fraction of sp³-hybridized carbons (Fsp3) is 0.188. The number of rotatable bonds is 7. The quantitative estimate of drug-likeness (QED) is 0.428. The molecular formula is C16H16N4O3S4. The lowest BCUT2D eigenvalue weighted by molar-refractivity contribution is 0.102. The second kappa shape index (κ2) is 8.38. The minimum atomic E-state index is -3.43. The molecule has 142 valence electrons. The average Bonchev–Trinajstić information content (AvgIpc) is 3.25. The Morgan fingerprint density at radius 2 is 2.07 bits per heavy atom. The van der Waals surface area contributed by atoms with E-state index >= 15 is 0 Å². The third kappa shape index (κ3) is 5.76. The number of aromatic nitrogens is 2. The Kier molecular flexibility index (Phi) is 6.15. The number of hydrogen-bond donors (Lipinski definition) is 2. The normalized spacial score (nSPS) is 11.3. The first-order valence-corrected chi connectivity index (χ1v) is 12.3. The van der Waals surface area contributed by atoms with Crippen molar-refractivity contribution in [1.29, 1.82) is 0 Å². The van der Waals surface area contributed by atoms with Crippen LogP contribution in [0.15, 0.2) is 40.1 Å². The van der Waals surface area contributed by atoms with Gasteiger partial charge in [0.1, 0.15) is 0 Å². The van der Waals surface area contributed by atoms with Gasteiger partial charge in [-0.3, -0.25) is 14.8 Å². The summed E-state index contributed by atoms with van der Waals surface area (Å²) in [5.74, 6) is 0.427. The Hall–Kier alpha value is -1.95. The Morgan fingerprint density at radius 1 is 1.26 bits per heavy atom. The molecule has 11 heteroatoms. The van der Waals surface area contributed by atoms with Crippen molar-refractivity contribution >= 4 is 61.2 Å². The molecule has 0 radical (unpaired) electrons. The van der Waals surface area contributed by atoms with Gasteiger partial charge in [-0.15, -0.1) is 21.5 Å². The molecule has 3 rings (SSSR count). The zero-order valence-electron chi connectivity index (χ0n) is 14.4. The summed E-state index contributed by atoms with van der Waals surface area (Å²) in [6, 6.07) is 8.87. The van der Waals surface area contributed by atoms with E-state index in [0.717, 1.165) is 21.9 Å². The summed E-state index contributed by atoms with van der Waals surface area (Å²) in [7, 11) is -3.43. The number of thiophene rings is 1. The van der Waals surface area contributed by atoms with Gasteiger partial charge in [0.05, 0.1) is 11.9 Å². The molecule has 3 aromatic rings. The van der Waals surface area contributed by atoms with E-state index in [0.29, 0.717) is 16.4 Å². The molecule has 2 heterocycles. The van der Waals surface area contributed by atoms with Crippen LogP contribution in [-0.4, -0.2) is 30.8 Å². The van der Waals surface area contributed by atoms with Crippen LogP contribution in [0.3, 0.4) is 0 Å². The summed E-state index contributed by atoms with van der Waals surface area (Å²) in [5.41, 5.74) is 1.42. The molecule has 0 aliphatic heterocycles. The van der Waals surface area contributed by atoms with Crippen molar-refractivity contribution in [2.45, 2.75) is 17.0 Å². The highest BCUT2D eigenvalue weighted by Gasteiger charge is 2.13. The zero-order valence-corrected chi connectivity index (χ0v) is 17.7. The van der Waals surface area contributed by atoms with E-state index in [-0.39, 0.29) is 5.91 Å². The minimum absolute atomic E-state index is 0.328. The van der Waals surface area contributed by atoms with Crippen molar-refractivity contribution in [3.8, 4) is 0 Å². The van der Waals surface area contributed by atoms with Crippen molar-refractivity contribution in [1.82, 2.24) is 10.2 Å². The van der Waals surface area contributed by atoms with Gasteiger partial charge in [-0.25, -0.2) is 8.42 Å². The first-order chi connectivity index (χ1) is 12.8. The predicted octanol–water partition coefficient (Wildman–Crippen LogP) is 3.82. The second-order valence-corrected chi connectivity index (χ2v) is 10.6. The van der Waals surface area contributed by atoms with Crippen molar-refractivity contribution in [3.63, 3.8) is 0 Å². The van der Waals surface area contributed by atoms with Gasteiger partial charge in [0.15, 0.2) is 4.34 Å². The molecule has 0 aliphatic carbocycles. The third-order valence-electron chi connectivity index (χ3n) is 3.34. The summed E-state index contributed by atoms with van der Waals surface area (Å²) >= 11 is 4.54. The summed E-state index contributed by atoms with van der Waals surface area (Å²) in [6.07, 6.45) is 1.07. The maximum absolute atomic E-state index is 12.4. The van der Waals surface area contributed by atoms with Crippen molar-refractivity contribution in [3.05, 3.63) is 51.7 Å². The van der Waals surface area contributed by atoms with Crippen LogP contribution in [0.25, 0.3) is 0 Å². The number of carbonyl (C=O) groups is 1. The van der Waals surface area contributed by atoms with Crippen LogP contribution in [0.2, 0.25) is 0 Å². The van der Waals surface area contributed by atoms with E-state index in [9.17, 15) is 13.2 Å². The summed E-state index contributed by atoms with van der Waals surface area (Å²) in [5, 5.41) is 13.2. The summed E-state index contributed by atoms with van der Waals surface area (Å²) in [6.45, 7) is 1.76. The maximum atomic E-state index is 12.4. The number of carbonyl (C=O) groups excluding carboxylic acids is 1. The van der Waals surface area contributed by atoms with Crippen LogP contribution in [0.4, 0.5) is 10.8 Å². The Bertz CT molecular complexity index is 1050. The standard InChI is InChI=1S/C16H16N4O3S4/c1-10-5-6-11(8-13(10)20-27(2,22)23)14(21)17-15-18-19-16(26-15)25-9-12-4-3-7-24-12/h3-8,20H,9H2,1-2H3,(H,17,18,21). The first kappa shape index (κ1) is 19.8. The Balaban J connectivity index is 1.66. The number of sulfonamides is 1. The van der Waals surface area contributed by atoms with Crippen LogP contribution in [0, 0.1) is 6.92 Å². The third-order valence-corrected chi connectivity index (χ3v) is 7.01. The molecule has 0 aliphatic rings. The maximum Gasteiger partial charge on any atom is 0.257 e. The molecule has 1 amide bonds.